The largest absolute Gasteiger partial charge is 0.280 e. The van der Waals surface area contributed by atoms with Gasteiger partial charge in [-0.15, -0.1) is 0 Å². The molecule has 0 bridgehead atoms. The predicted molar refractivity (Wildman–Crippen MR) is 103 cm³/mol. The summed E-state index contributed by atoms with van der Waals surface area (Å²) >= 11 is 0. The molecule has 1 saturated heterocycles. The third kappa shape index (κ3) is 2.19. The van der Waals surface area contributed by atoms with Crippen LogP contribution in [0.2, 0.25) is 0 Å². The number of hydrogen-bond acceptors (Lipinski definition) is 1. The van der Waals surface area contributed by atoms with Gasteiger partial charge < -0.3 is 0 Å². The molecule has 0 radical (unpaired) electrons. The van der Waals surface area contributed by atoms with Crippen LogP contribution >= 0.6 is 0 Å². The minimum Gasteiger partial charge on any atom is -0.280 e. The lowest BCUT2D eigenvalue weighted by Crippen LogP contribution is -2.30. The molecule has 4 rings (SSSR count). The molecule has 1 nitrogen and oxygen atoms in total. The fraction of sp³-hybridized carbons (Fsp3) is 0.304. The summed E-state index contributed by atoms with van der Waals surface area (Å²) in [6.07, 6.45) is 6.80. The van der Waals surface area contributed by atoms with Crippen molar-refractivity contribution in [1.29, 1.82) is 0 Å². The smallest absolute Gasteiger partial charge is 0.0577 e. The molecule has 3 unspecified atom stereocenters. The number of rotatable bonds is 3. The second kappa shape index (κ2) is 5.19. The van der Waals surface area contributed by atoms with Crippen molar-refractivity contribution in [1.82, 2.24) is 4.90 Å². The molecule has 2 aromatic rings. The summed E-state index contributed by atoms with van der Waals surface area (Å²) in [6.45, 7) is 12.2. The molecule has 0 aromatic heterocycles. The Bertz CT molecular complexity index is 810. The van der Waals surface area contributed by atoms with Gasteiger partial charge in [-0.25, -0.2) is 0 Å². The molecular formula is C23H25N. The molecule has 2 heterocycles. The molecule has 0 amide bonds. The molecule has 0 spiro atoms. The highest BCUT2D eigenvalue weighted by Crippen LogP contribution is 2.57. The van der Waals surface area contributed by atoms with E-state index in [4.69, 9.17) is 0 Å². The van der Waals surface area contributed by atoms with Gasteiger partial charge >= 0.3 is 0 Å². The van der Waals surface area contributed by atoms with Crippen LogP contribution in [-0.2, 0) is 0 Å². The predicted octanol–water partition coefficient (Wildman–Crippen LogP) is 5.71. The Balaban J connectivity index is 1.74. The minimum atomic E-state index is 0.235. The van der Waals surface area contributed by atoms with E-state index < -0.39 is 0 Å². The van der Waals surface area contributed by atoms with Crippen LogP contribution in [0.5, 0.6) is 0 Å². The molecule has 2 aromatic carbocycles. The summed E-state index contributed by atoms with van der Waals surface area (Å²) in [6, 6.07) is 17.7. The Hall–Kier alpha value is -2.12. The zero-order chi connectivity index (χ0) is 16.9. The van der Waals surface area contributed by atoms with Crippen molar-refractivity contribution < 1.29 is 0 Å². The third-order valence-electron chi connectivity index (χ3n) is 5.74. The van der Waals surface area contributed by atoms with Crippen LogP contribution < -0.4 is 0 Å². The number of benzene rings is 2. The van der Waals surface area contributed by atoms with E-state index in [9.17, 15) is 0 Å². The molecule has 122 valence electrons. The summed E-state index contributed by atoms with van der Waals surface area (Å²) in [5, 5.41) is 0. The summed E-state index contributed by atoms with van der Waals surface area (Å²) in [4.78, 5) is 2.62. The Morgan fingerprint density at radius 3 is 2.42 bits per heavy atom. The zero-order valence-electron chi connectivity index (χ0n) is 14.8. The van der Waals surface area contributed by atoms with Gasteiger partial charge in [0.15, 0.2) is 0 Å². The topological polar surface area (TPSA) is 3.01 Å². The Morgan fingerprint density at radius 2 is 1.83 bits per heavy atom. The average molecular weight is 315 g/mol. The van der Waals surface area contributed by atoms with Gasteiger partial charge in [0, 0.05) is 6.54 Å². The second-order valence-electron chi connectivity index (χ2n) is 8.02. The van der Waals surface area contributed by atoms with Gasteiger partial charge in [0.05, 0.1) is 11.6 Å². The molecule has 1 heteroatoms. The van der Waals surface area contributed by atoms with Crippen molar-refractivity contribution in [2.24, 2.45) is 5.41 Å². The van der Waals surface area contributed by atoms with E-state index in [1.807, 2.05) is 6.08 Å². The minimum absolute atomic E-state index is 0.235. The van der Waals surface area contributed by atoms with Crippen molar-refractivity contribution in [3.63, 3.8) is 0 Å². The van der Waals surface area contributed by atoms with E-state index in [-0.39, 0.29) is 11.0 Å². The highest BCUT2D eigenvalue weighted by atomic mass is 15.4. The van der Waals surface area contributed by atoms with Gasteiger partial charge in [-0.05, 0) is 33.7 Å². The number of hydrogen-bond donors (Lipinski definition) is 0. The molecule has 2 aliphatic rings. The SMILES string of the molecule is C=Cc1ccc(-c2ccccc2)cc1C1C=CC2(C(C)(C)C)CN12. The summed E-state index contributed by atoms with van der Waals surface area (Å²) in [5.41, 5.74) is 5.65. The monoisotopic (exact) mass is 315 g/mol. The fourth-order valence-electron chi connectivity index (χ4n) is 4.09. The maximum absolute atomic E-state index is 4.03. The molecule has 1 fully saturated rings. The first-order valence-corrected chi connectivity index (χ1v) is 8.74. The van der Waals surface area contributed by atoms with E-state index in [2.05, 4.69) is 92.9 Å². The zero-order valence-corrected chi connectivity index (χ0v) is 14.8. The summed E-state index contributed by atoms with van der Waals surface area (Å²) in [5.74, 6) is 0. The van der Waals surface area contributed by atoms with Crippen molar-refractivity contribution in [2.75, 3.05) is 6.54 Å². The maximum atomic E-state index is 4.03. The van der Waals surface area contributed by atoms with Gasteiger partial charge in [0.25, 0.3) is 0 Å². The summed E-state index contributed by atoms with van der Waals surface area (Å²) in [7, 11) is 0. The quantitative estimate of drug-likeness (QED) is 0.518. The molecule has 0 saturated carbocycles. The first-order chi connectivity index (χ1) is 11.5. The van der Waals surface area contributed by atoms with Crippen LogP contribution in [0.4, 0.5) is 0 Å². The van der Waals surface area contributed by atoms with Crippen molar-refractivity contribution in [3.05, 3.63) is 78.4 Å². The Kier molecular flexibility index (Phi) is 3.33. The highest BCUT2D eigenvalue weighted by molar-refractivity contribution is 5.68. The normalized spacial score (nSPS) is 27.8. The lowest BCUT2D eigenvalue weighted by Gasteiger charge is -2.28. The lowest BCUT2D eigenvalue weighted by molar-refractivity contribution is 0.262. The van der Waals surface area contributed by atoms with E-state index in [0.717, 1.165) is 6.54 Å². The Morgan fingerprint density at radius 1 is 1.08 bits per heavy atom. The maximum Gasteiger partial charge on any atom is 0.0577 e. The Labute approximate surface area is 145 Å². The van der Waals surface area contributed by atoms with Gasteiger partial charge in [0.2, 0.25) is 0 Å². The van der Waals surface area contributed by atoms with Crippen LogP contribution in [-0.4, -0.2) is 17.0 Å². The third-order valence-corrected chi connectivity index (χ3v) is 5.74. The molecular weight excluding hydrogens is 290 g/mol. The van der Waals surface area contributed by atoms with Crippen LogP contribution in [0.1, 0.15) is 37.9 Å². The standard InChI is InChI=1S/C23H25N/c1-5-17-11-12-19(18-9-7-6-8-10-18)15-20(17)21-13-14-23(16-24(21)23)22(2,3)4/h5-15,21H,1,16H2,2-4H3. The lowest BCUT2D eigenvalue weighted by atomic mass is 9.80. The van der Waals surface area contributed by atoms with Crippen LogP contribution in [0.3, 0.4) is 0 Å². The molecule has 2 aliphatic heterocycles. The van der Waals surface area contributed by atoms with Crippen LogP contribution in [0.25, 0.3) is 17.2 Å². The first kappa shape index (κ1) is 15.4. The van der Waals surface area contributed by atoms with Crippen molar-refractivity contribution in [2.45, 2.75) is 32.4 Å². The fourth-order valence-corrected chi connectivity index (χ4v) is 4.09. The molecule has 0 aliphatic carbocycles. The van der Waals surface area contributed by atoms with E-state index in [1.165, 1.54) is 22.3 Å². The summed E-state index contributed by atoms with van der Waals surface area (Å²) < 4.78 is 0. The van der Waals surface area contributed by atoms with Crippen LogP contribution in [0.15, 0.2) is 67.3 Å². The average Bonchev–Trinajstić information content (AvgIpc) is 3.22. The van der Waals surface area contributed by atoms with Gasteiger partial charge in [-0.3, -0.25) is 4.90 Å². The van der Waals surface area contributed by atoms with Crippen LogP contribution in [0, 0.1) is 5.41 Å². The van der Waals surface area contributed by atoms with Crippen molar-refractivity contribution >= 4 is 6.08 Å². The van der Waals surface area contributed by atoms with Gasteiger partial charge in [-0.2, -0.15) is 0 Å². The molecule has 3 atom stereocenters. The van der Waals surface area contributed by atoms with E-state index in [1.54, 1.807) is 0 Å². The number of fused-ring (bicyclic) bond motifs is 1. The van der Waals surface area contributed by atoms with E-state index in [0.29, 0.717) is 6.04 Å². The van der Waals surface area contributed by atoms with E-state index >= 15 is 0 Å². The van der Waals surface area contributed by atoms with Crippen molar-refractivity contribution in [3.8, 4) is 11.1 Å². The number of nitrogens with zero attached hydrogens (tertiary/aromatic N) is 1. The molecule has 0 N–H and O–H groups in total. The highest BCUT2D eigenvalue weighted by Gasteiger charge is 2.62. The van der Waals surface area contributed by atoms with Gasteiger partial charge in [0.1, 0.15) is 0 Å². The van der Waals surface area contributed by atoms with Gasteiger partial charge in [-0.1, -0.05) is 88.0 Å². The second-order valence-corrected chi connectivity index (χ2v) is 8.02. The molecule has 24 heavy (non-hydrogen) atoms. The first-order valence-electron chi connectivity index (χ1n) is 8.74.